The Kier molecular flexibility index (Phi) is 4.10. The van der Waals surface area contributed by atoms with Crippen LogP contribution in [0.3, 0.4) is 0 Å². The third kappa shape index (κ3) is 2.96. The zero-order valence-corrected chi connectivity index (χ0v) is 11.3. The van der Waals surface area contributed by atoms with Crippen molar-refractivity contribution in [2.75, 3.05) is 19.0 Å². The smallest absolute Gasteiger partial charge is 0.323 e. The van der Waals surface area contributed by atoms with Gasteiger partial charge in [-0.1, -0.05) is 23.1 Å². The Bertz CT molecular complexity index is 513. The number of anilines is 1. The van der Waals surface area contributed by atoms with Crippen molar-refractivity contribution in [1.82, 2.24) is 25.9 Å². The minimum absolute atomic E-state index is 0.233. The molecule has 2 rings (SSSR count). The highest BCUT2D eigenvalue weighted by atomic mass is 32.2. The standard InChI is InChI=1S/C8H10N6O2S2/c1-9-6(15)14(2)7-11-12-8(18-7)17-4-5-3-16-13-10-5/h3H,4H2,1-2H3,(H,9,15). The lowest BCUT2D eigenvalue weighted by atomic mass is 10.6. The minimum atomic E-state index is -0.233. The van der Waals surface area contributed by atoms with E-state index in [0.29, 0.717) is 10.9 Å². The van der Waals surface area contributed by atoms with E-state index in [-0.39, 0.29) is 6.03 Å². The summed E-state index contributed by atoms with van der Waals surface area (Å²) in [5, 5.41) is 18.1. The van der Waals surface area contributed by atoms with Gasteiger partial charge in [0.2, 0.25) is 5.13 Å². The zero-order chi connectivity index (χ0) is 13.0. The number of nitrogens with zero attached hydrogens (tertiary/aromatic N) is 5. The van der Waals surface area contributed by atoms with Gasteiger partial charge in [0.15, 0.2) is 4.34 Å². The fourth-order valence-electron chi connectivity index (χ4n) is 1.03. The van der Waals surface area contributed by atoms with Gasteiger partial charge in [0.25, 0.3) is 0 Å². The second kappa shape index (κ2) is 5.78. The molecule has 2 aromatic rings. The first-order valence-electron chi connectivity index (χ1n) is 4.88. The van der Waals surface area contributed by atoms with E-state index in [1.807, 2.05) is 0 Å². The number of carbonyl (C=O) groups excluding carboxylic acids is 1. The van der Waals surface area contributed by atoms with Gasteiger partial charge < -0.3 is 9.84 Å². The molecule has 0 radical (unpaired) electrons. The molecule has 8 nitrogen and oxygen atoms in total. The summed E-state index contributed by atoms with van der Waals surface area (Å²) < 4.78 is 5.38. The van der Waals surface area contributed by atoms with E-state index in [0.717, 1.165) is 10.0 Å². The van der Waals surface area contributed by atoms with Crippen LogP contribution in [0.5, 0.6) is 0 Å². The molecular formula is C8H10N6O2S2. The highest BCUT2D eigenvalue weighted by molar-refractivity contribution is 8.00. The topological polar surface area (TPSA) is 97.0 Å². The van der Waals surface area contributed by atoms with Crippen LogP contribution in [0.2, 0.25) is 0 Å². The fourth-order valence-corrected chi connectivity index (χ4v) is 2.70. The number of thioether (sulfide) groups is 1. The van der Waals surface area contributed by atoms with Crippen LogP contribution >= 0.6 is 23.1 Å². The van der Waals surface area contributed by atoms with E-state index in [9.17, 15) is 4.79 Å². The van der Waals surface area contributed by atoms with Crippen molar-refractivity contribution in [2.45, 2.75) is 10.1 Å². The molecule has 0 bridgehead atoms. The summed E-state index contributed by atoms with van der Waals surface area (Å²) in [6.45, 7) is 0. The second-order valence-electron chi connectivity index (χ2n) is 3.15. The lowest BCUT2D eigenvalue weighted by molar-refractivity contribution is 0.249. The lowest BCUT2D eigenvalue weighted by Gasteiger charge is -2.10. The second-order valence-corrected chi connectivity index (χ2v) is 5.33. The molecule has 0 aliphatic rings. The van der Waals surface area contributed by atoms with Crippen molar-refractivity contribution in [2.24, 2.45) is 0 Å². The number of hydrogen-bond donors (Lipinski definition) is 1. The molecule has 0 aromatic carbocycles. The SMILES string of the molecule is CNC(=O)N(C)c1nnc(SCc2conn2)s1. The third-order valence-electron chi connectivity index (χ3n) is 1.95. The molecule has 1 N–H and O–H groups in total. The predicted molar refractivity (Wildman–Crippen MR) is 66.6 cm³/mol. The van der Waals surface area contributed by atoms with Gasteiger partial charge >= 0.3 is 6.03 Å². The van der Waals surface area contributed by atoms with Crippen LogP contribution < -0.4 is 10.2 Å². The maximum Gasteiger partial charge on any atom is 0.323 e. The van der Waals surface area contributed by atoms with E-state index in [1.165, 1.54) is 34.3 Å². The molecule has 2 amide bonds. The number of rotatable bonds is 4. The molecule has 96 valence electrons. The van der Waals surface area contributed by atoms with Crippen molar-refractivity contribution >= 4 is 34.3 Å². The monoisotopic (exact) mass is 286 g/mol. The molecule has 0 saturated heterocycles. The number of amides is 2. The third-order valence-corrected chi connectivity index (χ3v) is 4.12. The minimum Gasteiger partial charge on any atom is -0.345 e. The molecule has 0 aliphatic heterocycles. The van der Waals surface area contributed by atoms with Crippen LogP contribution in [0.15, 0.2) is 15.1 Å². The molecule has 2 heterocycles. The van der Waals surface area contributed by atoms with Gasteiger partial charge in [-0.3, -0.25) is 4.90 Å². The molecule has 0 fully saturated rings. The Hall–Kier alpha value is -1.68. The molecule has 18 heavy (non-hydrogen) atoms. The Morgan fingerprint density at radius 3 is 3.06 bits per heavy atom. The summed E-state index contributed by atoms with van der Waals surface area (Å²) in [5.74, 6) is 0.599. The van der Waals surface area contributed by atoms with Gasteiger partial charge in [-0.05, 0) is 0 Å². The molecule has 10 heteroatoms. The molecule has 0 saturated carbocycles. The van der Waals surface area contributed by atoms with Crippen molar-refractivity contribution in [3.05, 3.63) is 12.0 Å². The van der Waals surface area contributed by atoms with E-state index < -0.39 is 0 Å². The van der Waals surface area contributed by atoms with Crippen LogP contribution in [-0.2, 0) is 5.75 Å². The Balaban J connectivity index is 1.95. The number of hydrogen-bond acceptors (Lipinski definition) is 8. The van der Waals surface area contributed by atoms with Crippen LogP contribution in [-0.4, -0.2) is 40.7 Å². The Labute approximate surface area is 111 Å². The van der Waals surface area contributed by atoms with E-state index in [4.69, 9.17) is 0 Å². The van der Waals surface area contributed by atoms with Gasteiger partial charge in [0.1, 0.15) is 12.0 Å². The van der Waals surface area contributed by atoms with Crippen LogP contribution in [0.4, 0.5) is 9.93 Å². The average Bonchev–Trinajstić information content (AvgIpc) is 3.05. The first kappa shape index (κ1) is 12.8. The van der Waals surface area contributed by atoms with E-state index >= 15 is 0 Å². The Morgan fingerprint density at radius 2 is 2.39 bits per heavy atom. The molecule has 0 unspecified atom stereocenters. The molecular weight excluding hydrogens is 276 g/mol. The lowest BCUT2D eigenvalue weighted by Crippen LogP contribution is -2.34. The largest absolute Gasteiger partial charge is 0.345 e. The molecule has 2 aromatic heterocycles. The summed E-state index contributed by atoms with van der Waals surface area (Å²) in [7, 11) is 3.20. The predicted octanol–water partition coefficient (Wildman–Crippen LogP) is 0.989. The van der Waals surface area contributed by atoms with Crippen molar-refractivity contribution < 1.29 is 9.32 Å². The van der Waals surface area contributed by atoms with E-state index in [2.05, 4.69) is 30.4 Å². The van der Waals surface area contributed by atoms with Crippen molar-refractivity contribution in [1.29, 1.82) is 0 Å². The highest BCUT2D eigenvalue weighted by Crippen LogP contribution is 2.29. The van der Waals surface area contributed by atoms with Crippen LogP contribution in [0.25, 0.3) is 0 Å². The van der Waals surface area contributed by atoms with Gasteiger partial charge in [-0.15, -0.1) is 15.3 Å². The summed E-state index contributed by atoms with van der Waals surface area (Å²) in [6, 6.07) is -0.233. The number of urea groups is 1. The van der Waals surface area contributed by atoms with Gasteiger partial charge in [-0.2, -0.15) is 0 Å². The quantitative estimate of drug-likeness (QED) is 0.661. The van der Waals surface area contributed by atoms with Gasteiger partial charge in [0.05, 0.1) is 0 Å². The zero-order valence-electron chi connectivity index (χ0n) is 9.65. The maximum atomic E-state index is 11.4. The average molecular weight is 286 g/mol. The summed E-state index contributed by atoms with van der Waals surface area (Å²) in [4.78, 5) is 12.8. The van der Waals surface area contributed by atoms with Crippen LogP contribution in [0, 0.1) is 0 Å². The first-order chi connectivity index (χ1) is 8.70. The molecule has 0 atom stereocenters. The number of aromatic nitrogens is 4. The molecule has 0 spiro atoms. The van der Waals surface area contributed by atoms with Gasteiger partial charge in [-0.25, -0.2) is 4.79 Å². The molecule has 0 aliphatic carbocycles. The summed E-state index contributed by atoms with van der Waals surface area (Å²) in [5.41, 5.74) is 0.733. The fraction of sp³-hybridized carbons (Fsp3) is 0.375. The van der Waals surface area contributed by atoms with Crippen LogP contribution in [0.1, 0.15) is 5.69 Å². The van der Waals surface area contributed by atoms with Crippen molar-refractivity contribution in [3.8, 4) is 0 Å². The van der Waals surface area contributed by atoms with Crippen molar-refractivity contribution in [3.63, 3.8) is 0 Å². The maximum absolute atomic E-state index is 11.4. The first-order valence-corrected chi connectivity index (χ1v) is 6.68. The number of nitrogens with one attached hydrogen (secondary N) is 1. The highest BCUT2D eigenvalue weighted by Gasteiger charge is 2.14. The van der Waals surface area contributed by atoms with Gasteiger partial charge in [0, 0.05) is 25.1 Å². The normalized spacial score (nSPS) is 10.3. The number of carbonyl (C=O) groups is 1. The van der Waals surface area contributed by atoms with E-state index in [1.54, 1.807) is 14.1 Å². The Morgan fingerprint density at radius 1 is 1.56 bits per heavy atom. The summed E-state index contributed by atoms with van der Waals surface area (Å²) in [6.07, 6.45) is 1.48. The summed E-state index contributed by atoms with van der Waals surface area (Å²) >= 11 is 2.79.